The molecule has 7 heteroatoms. The molecule has 0 radical (unpaired) electrons. The SMILES string of the molecule is C=C[C@@H]1C[C@H](/C=C/c2ccc(OC)cc2)N(C(=O)OCC)N1C(=O)OCC. The summed E-state index contributed by atoms with van der Waals surface area (Å²) in [6.45, 7) is 7.63. The predicted octanol–water partition coefficient (Wildman–Crippen LogP) is 3.87. The van der Waals surface area contributed by atoms with E-state index in [0.29, 0.717) is 6.42 Å². The number of amides is 2. The summed E-state index contributed by atoms with van der Waals surface area (Å²) < 4.78 is 15.4. The van der Waals surface area contributed by atoms with Crippen molar-refractivity contribution in [1.82, 2.24) is 10.0 Å². The normalized spacial score (nSPS) is 19.2. The average Bonchev–Trinajstić information content (AvgIpc) is 3.06. The van der Waals surface area contributed by atoms with Crippen molar-refractivity contribution in [2.75, 3.05) is 20.3 Å². The fraction of sp³-hybridized carbons (Fsp3) is 0.400. The van der Waals surface area contributed by atoms with E-state index < -0.39 is 12.2 Å². The average molecular weight is 374 g/mol. The molecule has 1 aromatic carbocycles. The summed E-state index contributed by atoms with van der Waals surface area (Å²) in [6.07, 6.45) is 4.70. The van der Waals surface area contributed by atoms with Crippen molar-refractivity contribution in [1.29, 1.82) is 0 Å². The molecular weight excluding hydrogens is 348 g/mol. The first-order valence-electron chi connectivity index (χ1n) is 8.92. The standard InChI is InChI=1S/C20H26N2O5/c1-5-16-14-17(11-8-15-9-12-18(25-4)13-10-15)22(20(24)27-7-3)21(16)19(23)26-6-2/h5,8-13,16-17H,1,6-7,14H2,2-4H3/b11-8+/t16-,17+/m1/s1. The monoisotopic (exact) mass is 374 g/mol. The van der Waals surface area contributed by atoms with Crippen molar-refractivity contribution in [2.24, 2.45) is 0 Å². The first-order chi connectivity index (χ1) is 13.0. The maximum Gasteiger partial charge on any atom is 0.429 e. The van der Waals surface area contributed by atoms with Gasteiger partial charge in [0.05, 0.1) is 32.4 Å². The van der Waals surface area contributed by atoms with Crippen LogP contribution in [0.1, 0.15) is 25.8 Å². The molecule has 0 aliphatic carbocycles. The highest BCUT2D eigenvalue weighted by Gasteiger charge is 2.44. The van der Waals surface area contributed by atoms with Gasteiger partial charge in [-0.15, -0.1) is 6.58 Å². The lowest BCUT2D eigenvalue weighted by atomic mass is 10.1. The molecule has 0 saturated carbocycles. The van der Waals surface area contributed by atoms with Gasteiger partial charge < -0.3 is 14.2 Å². The van der Waals surface area contributed by atoms with Gasteiger partial charge in [-0.2, -0.15) is 0 Å². The van der Waals surface area contributed by atoms with Crippen LogP contribution in [0.25, 0.3) is 6.08 Å². The first-order valence-corrected chi connectivity index (χ1v) is 8.92. The topological polar surface area (TPSA) is 68.3 Å². The van der Waals surface area contributed by atoms with Crippen LogP contribution in [0.3, 0.4) is 0 Å². The lowest BCUT2D eigenvalue weighted by molar-refractivity contribution is -0.00888. The van der Waals surface area contributed by atoms with Gasteiger partial charge in [-0.3, -0.25) is 0 Å². The van der Waals surface area contributed by atoms with Gasteiger partial charge in [-0.1, -0.05) is 30.4 Å². The number of rotatable bonds is 6. The molecule has 27 heavy (non-hydrogen) atoms. The minimum Gasteiger partial charge on any atom is -0.497 e. The summed E-state index contributed by atoms with van der Waals surface area (Å²) in [5, 5.41) is 2.57. The molecule has 1 fully saturated rings. The molecule has 0 aromatic heterocycles. The Hall–Kier alpha value is -2.96. The quantitative estimate of drug-likeness (QED) is 0.707. The lowest BCUT2D eigenvalue weighted by Gasteiger charge is -2.31. The smallest absolute Gasteiger partial charge is 0.429 e. The molecule has 0 N–H and O–H groups in total. The Morgan fingerprint density at radius 1 is 1.07 bits per heavy atom. The van der Waals surface area contributed by atoms with Gasteiger partial charge in [0.25, 0.3) is 0 Å². The Bertz CT molecular complexity index is 686. The number of hydrogen-bond donors (Lipinski definition) is 0. The number of ether oxygens (including phenoxy) is 3. The number of benzene rings is 1. The van der Waals surface area contributed by atoms with E-state index in [-0.39, 0.29) is 25.3 Å². The zero-order valence-electron chi connectivity index (χ0n) is 16.0. The van der Waals surface area contributed by atoms with Crippen molar-refractivity contribution in [3.05, 3.63) is 48.6 Å². The lowest BCUT2D eigenvalue weighted by Crippen LogP contribution is -2.50. The van der Waals surface area contributed by atoms with Crippen LogP contribution in [0.5, 0.6) is 5.75 Å². The van der Waals surface area contributed by atoms with Crippen molar-refractivity contribution >= 4 is 18.3 Å². The molecule has 1 saturated heterocycles. The van der Waals surface area contributed by atoms with Crippen LogP contribution in [0.2, 0.25) is 0 Å². The van der Waals surface area contributed by atoms with E-state index in [1.54, 1.807) is 27.0 Å². The molecule has 2 amide bonds. The van der Waals surface area contributed by atoms with Crippen molar-refractivity contribution in [3.8, 4) is 5.75 Å². The molecule has 0 spiro atoms. The van der Waals surface area contributed by atoms with Crippen LogP contribution < -0.4 is 4.74 Å². The number of hydrazine groups is 1. The van der Waals surface area contributed by atoms with Gasteiger partial charge in [0.15, 0.2) is 0 Å². The van der Waals surface area contributed by atoms with Crippen LogP contribution in [-0.2, 0) is 9.47 Å². The molecule has 0 bridgehead atoms. The van der Waals surface area contributed by atoms with Gasteiger partial charge >= 0.3 is 12.2 Å². The van der Waals surface area contributed by atoms with Crippen LogP contribution >= 0.6 is 0 Å². The highest BCUT2D eigenvalue weighted by Crippen LogP contribution is 2.29. The third-order valence-corrected chi connectivity index (χ3v) is 4.15. The molecule has 1 aromatic rings. The zero-order chi connectivity index (χ0) is 19.8. The van der Waals surface area contributed by atoms with Crippen LogP contribution in [0, 0.1) is 0 Å². The molecule has 2 atom stereocenters. The highest BCUT2D eigenvalue weighted by molar-refractivity contribution is 5.76. The zero-order valence-corrected chi connectivity index (χ0v) is 16.0. The van der Waals surface area contributed by atoms with E-state index in [4.69, 9.17) is 14.2 Å². The second-order valence-corrected chi connectivity index (χ2v) is 5.83. The second kappa shape index (κ2) is 9.66. The Kier molecular flexibility index (Phi) is 7.28. The van der Waals surface area contributed by atoms with E-state index in [9.17, 15) is 9.59 Å². The number of carbonyl (C=O) groups excluding carboxylic acids is 2. The Morgan fingerprint density at radius 3 is 2.11 bits per heavy atom. The summed E-state index contributed by atoms with van der Waals surface area (Å²) in [5.41, 5.74) is 0.948. The summed E-state index contributed by atoms with van der Waals surface area (Å²) >= 11 is 0. The van der Waals surface area contributed by atoms with Crippen LogP contribution in [0.4, 0.5) is 9.59 Å². The molecule has 146 valence electrons. The molecule has 1 aliphatic heterocycles. The largest absolute Gasteiger partial charge is 0.497 e. The highest BCUT2D eigenvalue weighted by atomic mass is 16.6. The number of methoxy groups -OCH3 is 1. The Morgan fingerprint density at radius 2 is 1.63 bits per heavy atom. The van der Waals surface area contributed by atoms with Crippen molar-refractivity contribution < 1.29 is 23.8 Å². The third-order valence-electron chi connectivity index (χ3n) is 4.15. The van der Waals surface area contributed by atoms with Gasteiger partial charge in [0.2, 0.25) is 0 Å². The van der Waals surface area contributed by atoms with Gasteiger partial charge in [0, 0.05) is 0 Å². The fourth-order valence-electron chi connectivity index (χ4n) is 2.89. The summed E-state index contributed by atoms with van der Waals surface area (Å²) in [5.74, 6) is 0.765. The van der Waals surface area contributed by atoms with Crippen molar-refractivity contribution in [3.63, 3.8) is 0 Å². The molecule has 1 aliphatic rings. The van der Waals surface area contributed by atoms with E-state index in [1.165, 1.54) is 10.0 Å². The second-order valence-electron chi connectivity index (χ2n) is 5.83. The van der Waals surface area contributed by atoms with Crippen molar-refractivity contribution in [2.45, 2.75) is 32.4 Å². The Balaban J connectivity index is 2.28. The molecule has 1 heterocycles. The minimum atomic E-state index is -0.601. The van der Waals surface area contributed by atoms with Gasteiger partial charge in [-0.05, 0) is 38.0 Å². The molecule has 7 nitrogen and oxygen atoms in total. The number of hydrogen-bond acceptors (Lipinski definition) is 5. The fourth-order valence-corrected chi connectivity index (χ4v) is 2.89. The maximum atomic E-state index is 12.5. The van der Waals surface area contributed by atoms with E-state index in [0.717, 1.165) is 11.3 Å². The van der Waals surface area contributed by atoms with E-state index in [2.05, 4.69) is 6.58 Å². The molecule has 0 unspecified atom stereocenters. The van der Waals surface area contributed by atoms with E-state index >= 15 is 0 Å². The van der Waals surface area contributed by atoms with Crippen LogP contribution in [-0.4, -0.2) is 54.6 Å². The van der Waals surface area contributed by atoms with E-state index in [1.807, 2.05) is 36.4 Å². The molecule has 2 rings (SSSR count). The van der Waals surface area contributed by atoms with Gasteiger partial charge in [-0.25, -0.2) is 19.6 Å². The third kappa shape index (κ3) is 4.81. The summed E-state index contributed by atoms with van der Waals surface area (Å²) in [6, 6.07) is 6.81. The van der Waals surface area contributed by atoms with Gasteiger partial charge in [0.1, 0.15) is 5.75 Å². The summed E-state index contributed by atoms with van der Waals surface area (Å²) in [4.78, 5) is 24.9. The predicted molar refractivity (Wildman–Crippen MR) is 102 cm³/mol. The summed E-state index contributed by atoms with van der Waals surface area (Å²) in [7, 11) is 1.61. The first kappa shape index (κ1) is 20.4. The van der Waals surface area contributed by atoms with Crippen LogP contribution in [0.15, 0.2) is 43.0 Å². The Labute approximate surface area is 159 Å². The minimum absolute atomic E-state index is 0.208. The molecular formula is C20H26N2O5. The maximum absolute atomic E-state index is 12.5. The number of carbonyl (C=O) groups is 2. The number of nitrogens with zero attached hydrogens (tertiary/aromatic N) is 2.